The third-order valence-corrected chi connectivity index (χ3v) is 4.58. The number of nitrogens with one attached hydrogen (secondary N) is 1. The zero-order valence-corrected chi connectivity index (χ0v) is 16.7. The highest BCUT2D eigenvalue weighted by molar-refractivity contribution is 6.11. The van der Waals surface area contributed by atoms with Gasteiger partial charge in [0.1, 0.15) is 12.3 Å². The summed E-state index contributed by atoms with van der Waals surface area (Å²) >= 11 is 0. The minimum Gasteiger partial charge on any atom is -0.482 e. The van der Waals surface area contributed by atoms with E-state index in [1.54, 1.807) is 30.3 Å². The summed E-state index contributed by atoms with van der Waals surface area (Å²) < 4.78 is 10.8. The Hall–Kier alpha value is -3.35. The maximum Gasteiger partial charge on any atom is 0.344 e. The predicted octanol–water partition coefficient (Wildman–Crippen LogP) is 3.11. The van der Waals surface area contributed by atoms with Gasteiger partial charge in [-0.2, -0.15) is 0 Å². The molecule has 0 unspecified atom stereocenters. The zero-order valence-electron chi connectivity index (χ0n) is 16.7. The molecule has 29 heavy (non-hydrogen) atoms. The number of rotatable bonds is 6. The first-order chi connectivity index (χ1) is 13.9. The molecule has 1 heterocycles. The van der Waals surface area contributed by atoms with Crippen LogP contribution in [-0.2, 0) is 19.1 Å². The van der Waals surface area contributed by atoms with Crippen molar-refractivity contribution in [2.75, 3.05) is 23.4 Å². The molecule has 0 aliphatic carbocycles. The Kier molecular flexibility index (Phi) is 6.16. The van der Waals surface area contributed by atoms with Crippen molar-refractivity contribution >= 4 is 29.2 Å². The van der Waals surface area contributed by atoms with Gasteiger partial charge in [-0.05, 0) is 36.6 Å². The van der Waals surface area contributed by atoms with Crippen molar-refractivity contribution < 1.29 is 23.9 Å². The molecular formula is C22H24N2O5. The molecule has 7 nitrogen and oxygen atoms in total. The van der Waals surface area contributed by atoms with Crippen molar-refractivity contribution in [2.45, 2.75) is 32.8 Å². The number of carbonyl (C=O) groups is 3. The Morgan fingerprint density at radius 2 is 1.76 bits per heavy atom. The van der Waals surface area contributed by atoms with Gasteiger partial charge in [0.15, 0.2) is 12.7 Å². The molecule has 1 aliphatic heterocycles. The molecular weight excluding hydrogens is 372 g/mol. The van der Waals surface area contributed by atoms with Gasteiger partial charge in [-0.15, -0.1) is 0 Å². The Morgan fingerprint density at radius 3 is 2.52 bits per heavy atom. The number of hydrogen-bond acceptors (Lipinski definition) is 5. The quantitative estimate of drug-likeness (QED) is 0.759. The smallest absolute Gasteiger partial charge is 0.344 e. The van der Waals surface area contributed by atoms with Gasteiger partial charge in [0.05, 0.1) is 11.4 Å². The molecule has 0 fully saturated rings. The Morgan fingerprint density at radius 1 is 1.07 bits per heavy atom. The lowest BCUT2D eigenvalue weighted by Crippen LogP contribution is -2.47. The number of fused-ring (bicyclic) bond motifs is 1. The van der Waals surface area contributed by atoms with Crippen LogP contribution in [0.5, 0.6) is 5.75 Å². The first-order valence-electron chi connectivity index (χ1n) is 9.48. The van der Waals surface area contributed by atoms with Gasteiger partial charge >= 0.3 is 5.97 Å². The molecule has 152 valence electrons. The van der Waals surface area contributed by atoms with E-state index in [4.69, 9.17) is 9.47 Å². The second-order valence-corrected chi connectivity index (χ2v) is 7.10. The molecule has 0 saturated heterocycles. The summed E-state index contributed by atoms with van der Waals surface area (Å²) in [6.07, 6.45) is -1.05. The molecule has 0 saturated carbocycles. The van der Waals surface area contributed by atoms with Gasteiger partial charge in [0.2, 0.25) is 5.91 Å². The van der Waals surface area contributed by atoms with E-state index in [1.165, 1.54) is 11.8 Å². The highest BCUT2D eigenvalue weighted by Gasteiger charge is 2.31. The van der Waals surface area contributed by atoms with E-state index in [9.17, 15) is 14.4 Å². The van der Waals surface area contributed by atoms with Crippen LogP contribution in [0, 0.1) is 0 Å². The second-order valence-electron chi connectivity index (χ2n) is 7.10. The summed E-state index contributed by atoms with van der Waals surface area (Å²) in [5.41, 5.74) is 2.10. The van der Waals surface area contributed by atoms with Crippen molar-refractivity contribution in [1.29, 1.82) is 0 Å². The van der Waals surface area contributed by atoms with Crippen LogP contribution in [0.25, 0.3) is 0 Å². The predicted molar refractivity (Wildman–Crippen MR) is 109 cm³/mol. The fraction of sp³-hybridized carbons (Fsp3) is 0.318. The summed E-state index contributed by atoms with van der Waals surface area (Å²) in [7, 11) is 0. The summed E-state index contributed by atoms with van der Waals surface area (Å²) in [5, 5.41) is 2.72. The van der Waals surface area contributed by atoms with E-state index in [-0.39, 0.29) is 25.0 Å². The van der Waals surface area contributed by atoms with Crippen LogP contribution < -0.4 is 15.0 Å². The van der Waals surface area contributed by atoms with E-state index < -0.39 is 18.0 Å². The topological polar surface area (TPSA) is 84.9 Å². The van der Waals surface area contributed by atoms with Crippen molar-refractivity contribution in [3.8, 4) is 5.75 Å². The minimum absolute atomic E-state index is 0.129. The lowest BCUT2D eigenvalue weighted by molar-refractivity contribution is -0.155. The molecule has 7 heteroatoms. The summed E-state index contributed by atoms with van der Waals surface area (Å²) in [5.74, 6) is -0.570. The molecule has 3 rings (SSSR count). The minimum atomic E-state index is -1.05. The number of hydrogen-bond donors (Lipinski definition) is 1. The molecule has 0 spiro atoms. The standard InChI is InChI=1S/C22H24N2O5/c1-14(2)16-8-4-7-11-19(16)28-13-21(26)29-15(3)22(27)24-12-20(25)23-17-9-5-6-10-18(17)24/h4-11,14-15H,12-13H2,1-3H3,(H,23,25)/t15-/m0/s1. The fourth-order valence-electron chi connectivity index (χ4n) is 3.16. The van der Waals surface area contributed by atoms with Crippen LogP contribution in [0.2, 0.25) is 0 Å². The van der Waals surface area contributed by atoms with Crippen molar-refractivity contribution in [2.24, 2.45) is 0 Å². The lowest BCUT2D eigenvalue weighted by atomic mass is 10.0. The fourth-order valence-corrected chi connectivity index (χ4v) is 3.16. The second kappa shape index (κ2) is 8.77. The lowest BCUT2D eigenvalue weighted by Gasteiger charge is -2.30. The monoisotopic (exact) mass is 396 g/mol. The third-order valence-electron chi connectivity index (χ3n) is 4.58. The number of amides is 2. The number of esters is 1. The number of ether oxygens (including phenoxy) is 2. The number of nitrogens with zero attached hydrogens (tertiary/aromatic N) is 1. The van der Waals surface area contributed by atoms with Crippen LogP contribution in [0.3, 0.4) is 0 Å². The maximum absolute atomic E-state index is 12.8. The van der Waals surface area contributed by atoms with Gasteiger partial charge in [-0.25, -0.2) is 4.79 Å². The number of para-hydroxylation sites is 3. The molecule has 0 bridgehead atoms. The number of benzene rings is 2. The van der Waals surface area contributed by atoms with E-state index in [0.29, 0.717) is 17.1 Å². The van der Waals surface area contributed by atoms with Gasteiger partial charge in [-0.3, -0.25) is 14.5 Å². The van der Waals surface area contributed by atoms with Crippen LogP contribution >= 0.6 is 0 Å². The molecule has 2 aromatic carbocycles. The van der Waals surface area contributed by atoms with E-state index in [2.05, 4.69) is 5.32 Å². The maximum atomic E-state index is 12.8. The summed E-state index contributed by atoms with van der Waals surface area (Å²) in [4.78, 5) is 38.2. The van der Waals surface area contributed by atoms with Crippen LogP contribution in [0.1, 0.15) is 32.3 Å². The van der Waals surface area contributed by atoms with Crippen LogP contribution in [-0.4, -0.2) is 37.0 Å². The normalized spacial score (nSPS) is 14.1. The highest BCUT2D eigenvalue weighted by Crippen LogP contribution is 2.29. The largest absolute Gasteiger partial charge is 0.482 e. The molecule has 1 N–H and O–H groups in total. The zero-order chi connectivity index (χ0) is 21.0. The van der Waals surface area contributed by atoms with Gasteiger partial charge < -0.3 is 14.8 Å². The first kappa shape index (κ1) is 20.4. The third kappa shape index (κ3) is 4.74. The number of anilines is 2. The van der Waals surface area contributed by atoms with Crippen LogP contribution in [0.4, 0.5) is 11.4 Å². The van der Waals surface area contributed by atoms with E-state index in [0.717, 1.165) is 5.56 Å². The molecule has 2 aromatic rings. The average molecular weight is 396 g/mol. The molecule has 0 aromatic heterocycles. The summed E-state index contributed by atoms with van der Waals surface area (Å²) in [6.45, 7) is 5.12. The van der Waals surface area contributed by atoms with E-state index in [1.807, 2.05) is 32.0 Å². The molecule has 1 aliphatic rings. The van der Waals surface area contributed by atoms with Crippen molar-refractivity contribution in [3.05, 3.63) is 54.1 Å². The molecule has 1 atom stereocenters. The Labute approximate surface area is 169 Å². The van der Waals surface area contributed by atoms with Crippen molar-refractivity contribution in [3.63, 3.8) is 0 Å². The van der Waals surface area contributed by atoms with Gasteiger partial charge in [0, 0.05) is 0 Å². The average Bonchev–Trinajstić information content (AvgIpc) is 2.71. The van der Waals surface area contributed by atoms with Crippen molar-refractivity contribution in [1.82, 2.24) is 0 Å². The van der Waals surface area contributed by atoms with Gasteiger partial charge in [-0.1, -0.05) is 44.2 Å². The van der Waals surface area contributed by atoms with Crippen LogP contribution in [0.15, 0.2) is 48.5 Å². The van der Waals surface area contributed by atoms with Gasteiger partial charge in [0.25, 0.3) is 5.91 Å². The molecule has 0 radical (unpaired) electrons. The van der Waals surface area contributed by atoms with E-state index >= 15 is 0 Å². The molecule has 2 amide bonds. The highest BCUT2D eigenvalue weighted by atomic mass is 16.6. The first-order valence-corrected chi connectivity index (χ1v) is 9.48. The summed E-state index contributed by atoms with van der Waals surface area (Å²) in [6, 6.07) is 14.5. The Balaban J connectivity index is 1.62. The number of carbonyl (C=O) groups excluding carboxylic acids is 3. The Bertz CT molecular complexity index is 925. The SMILES string of the molecule is CC(C)c1ccccc1OCC(=O)O[C@@H](C)C(=O)N1CC(=O)Nc2ccccc21.